The number of hydrogen-bond acceptors (Lipinski definition) is 1. The van der Waals surface area contributed by atoms with Gasteiger partial charge in [-0.1, -0.05) is 17.7 Å². The van der Waals surface area contributed by atoms with E-state index >= 15 is 0 Å². The SMILES string of the molecule is O=C(Cc1c[nH]c2cc(Cl)ccc12)NCCc1c[nH]c2cc(F)ccc12. The molecule has 0 unspecified atom stereocenters. The van der Waals surface area contributed by atoms with E-state index in [0.717, 1.165) is 32.9 Å². The molecule has 2 heterocycles. The van der Waals surface area contributed by atoms with E-state index in [-0.39, 0.29) is 11.7 Å². The first kappa shape index (κ1) is 16.7. The smallest absolute Gasteiger partial charge is 0.224 e. The van der Waals surface area contributed by atoms with E-state index in [0.29, 0.717) is 24.4 Å². The van der Waals surface area contributed by atoms with Crippen molar-refractivity contribution in [3.05, 3.63) is 70.8 Å². The number of rotatable bonds is 5. The molecule has 6 heteroatoms. The molecule has 0 aliphatic rings. The average Bonchev–Trinajstić information content (AvgIpc) is 3.18. The number of H-pyrrole nitrogens is 2. The highest BCUT2D eigenvalue weighted by atomic mass is 35.5. The molecule has 4 nitrogen and oxygen atoms in total. The van der Waals surface area contributed by atoms with Gasteiger partial charge in [0.05, 0.1) is 6.42 Å². The minimum Gasteiger partial charge on any atom is -0.361 e. The molecule has 1 amide bonds. The molecule has 4 rings (SSSR count). The molecule has 0 bridgehead atoms. The summed E-state index contributed by atoms with van der Waals surface area (Å²) in [5.74, 6) is -0.300. The molecule has 0 aliphatic heterocycles. The van der Waals surface area contributed by atoms with Crippen molar-refractivity contribution in [1.29, 1.82) is 0 Å². The summed E-state index contributed by atoms with van der Waals surface area (Å²) >= 11 is 5.98. The van der Waals surface area contributed by atoms with Crippen molar-refractivity contribution in [2.45, 2.75) is 12.8 Å². The van der Waals surface area contributed by atoms with E-state index in [2.05, 4.69) is 15.3 Å². The van der Waals surface area contributed by atoms with Crippen LogP contribution in [-0.2, 0) is 17.6 Å². The number of aromatic nitrogens is 2. The molecule has 0 atom stereocenters. The Hall–Kier alpha value is -2.79. The molecule has 0 fully saturated rings. The molecule has 3 N–H and O–H groups in total. The summed E-state index contributed by atoms with van der Waals surface area (Å²) in [6.45, 7) is 0.525. The zero-order chi connectivity index (χ0) is 18.1. The standard InChI is InChI=1S/C20H17ClFN3O/c21-14-1-3-17-13(11-25-18(17)8-14)7-20(26)23-6-5-12-10-24-19-9-15(22)2-4-16(12)19/h1-4,8-11,24-25H,5-7H2,(H,23,26). The fourth-order valence-electron chi connectivity index (χ4n) is 3.24. The van der Waals surface area contributed by atoms with Crippen LogP contribution in [0.15, 0.2) is 48.8 Å². The molecule has 132 valence electrons. The maximum atomic E-state index is 13.2. The van der Waals surface area contributed by atoms with Crippen LogP contribution in [0.1, 0.15) is 11.1 Å². The van der Waals surface area contributed by atoms with Crippen LogP contribution in [0.4, 0.5) is 4.39 Å². The van der Waals surface area contributed by atoms with Crippen LogP contribution in [0, 0.1) is 5.82 Å². The number of amides is 1. The van der Waals surface area contributed by atoms with E-state index in [1.165, 1.54) is 12.1 Å². The van der Waals surface area contributed by atoms with Crippen molar-refractivity contribution < 1.29 is 9.18 Å². The highest BCUT2D eigenvalue weighted by Crippen LogP contribution is 2.22. The Kier molecular flexibility index (Phi) is 4.39. The largest absolute Gasteiger partial charge is 0.361 e. The van der Waals surface area contributed by atoms with Crippen LogP contribution >= 0.6 is 11.6 Å². The molecule has 0 radical (unpaired) electrons. The van der Waals surface area contributed by atoms with E-state index in [1.807, 2.05) is 30.6 Å². The highest BCUT2D eigenvalue weighted by molar-refractivity contribution is 6.31. The van der Waals surface area contributed by atoms with Gasteiger partial charge in [0, 0.05) is 45.8 Å². The van der Waals surface area contributed by atoms with Crippen molar-refractivity contribution in [3.63, 3.8) is 0 Å². The van der Waals surface area contributed by atoms with Crippen molar-refractivity contribution >= 4 is 39.3 Å². The minimum atomic E-state index is -0.265. The lowest BCUT2D eigenvalue weighted by Gasteiger charge is -2.05. The van der Waals surface area contributed by atoms with E-state index in [1.54, 1.807) is 6.07 Å². The summed E-state index contributed by atoms with van der Waals surface area (Å²) < 4.78 is 13.2. The number of halogens is 2. The van der Waals surface area contributed by atoms with Crippen LogP contribution in [0.25, 0.3) is 21.8 Å². The van der Waals surface area contributed by atoms with Crippen LogP contribution in [0.3, 0.4) is 0 Å². The van der Waals surface area contributed by atoms with Gasteiger partial charge in [-0.05, 0) is 47.9 Å². The van der Waals surface area contributed by atoms with Gasteiger partial charge in [0.2, 0.25) is 5.91 Å². The second-order valence-electron chi connectivity index (χ2n) is 6.28. The first-order valence-corrected chi connectivity index (χ1v) is 8.76. The van der Waals surface area contributed by atoms with Crippen LogP contribution in [-0.4, -0.2) is 22.4 Å². The lowest BCUT2D eigenvalue weighted by Crippen LogP contribution is -2.27. The molecular weight excluding hydrogens is 353 g/mol. The van der Waals surface area contributed by atoms with Gasteiger partial charge >= 0.3 is 0 Å². The molecule has 0 aliphatic carbocycles. The average molecular weight is 370 g/mol. The predicted octanol–water partition coefficient (Wildman–Crippen LogP) is 4.34. The van der Waals surface area contributed by atoms with Gasteiger partial charge in [-0.15, -0.1) is 0 Å². The van der Waals surface area contributed by atoms with Crippen molar-refractivity contribution in [3.8, 4) is 0 Å². The normalized spacial score (nSPS) is 11.3. The number of carbonyl (C=O) groups excluding carboxylic acids is 1. The molecular formula is C20H17ClFN3O. The van der Waals surface area contributed by atoms with Crippen LogP contribution < -0.4 is 5.32 Å². The number of carbonyl (C=O) groups is 1. The van der Waals surface area contributed by atoms with Crippen molar-refractivity contribution in [2.75, 3.05) is 6.54 Å². The van der Waals surface area contributed by atoms with Gasteiger partial charge in [0.1, 0.15) is 5.82 Å². The molecule has 0 saturated carbocycles. The maximum absolute atomic E-state index is 13.2. The van der Waals surface area contributed by atoms with E-state index < -0.39 is 0 Å². The number of benzene rings is 2. The third kappa shape index (κ3) is 3.30. The van der Waals surface area contributed by atoms with Gasteiger partial charge in [0.25, 0.3) is 0 Å². The summed E-state index contributed by atoms with van der Waals surface area (Å²) in [7, 11) is 0. The Morgan fingerprint density at radius 2 is 1.69 bits per heavy atom. The Balaban J connectivity index is 1.37. The third-order valence-corrected chi connectivity index (χ3v) is 4.76. The predicted molar refractivity (Wildman–Crippen MR) is 102 cm³/mol. The zero-order valence-corrected chi connectivity index (χ0v) is 14.7. The fourth-order valence-corrected chi connectivity index (χ4v) is 3.41. The topological polar surface area (TPSA) is 60.7 Å². The summed E-state index contributed by atoms with van der Waals surface area (Å²) in [6, 6.07) is 10.3. The number of nitrogens with one attached hydrogen (secondary N) is 3. The lowest BCUT2D eigenvalue weighted by molar-refractivity contribution is -0.120. The summed E-state index contributed by atoms with van der Waals surface area (Å²) in [5.41, 5.74) is 3.69. The second kappa shape index (κ2) is 6.84. The van der Waals surface area contributed by atoms with E-state index in [9.17, 15) is 9.18 Å². The summed E-state index contributed by atoms with van der Waals surface area (Å²) in [4.78, 5) is 18.4. The Bertz CT molecular complexity index is 1100. The van der Waals surface area contributed by atoms with Gasteiger partial charge in [-0.2, -0.15) is 0 Å². The summed E-state index contributed by atoms with van der Waals surface area (Å²) in [6.07, 6.45) is 4.69. The first-order valence-electron chi connectivity index (χ1n) is 8.38. The fraction of sp³-hybridized carbons (Fsp3) is 0.150. The number of aromatic amines is 2. The maximum Gasteiger partial charge on any atom is 0.224 e. The number of fused-ring (bicyclic) bond motifs is 2. The first-order chi connectivity index (χ1) is 12.6. The molecule has 4 aromatic rings. The Morgan fingerprint density at radius 1 is 1.00 bits per heavy atom. The van der Waals surface area contributed by atoms with Gasteiger partial charge in [0.15, 0.2) is 0 Å². The highest BCUT2D eigenvalue weighted by Gasteiger charge is 2.10. The van der Waals surface area contributed by atoms with Gasteiger partial charge in [-0.25, -0.2) is 4.39 Å². The third-order valence-electron chi connectivity index (χ3n) is 4.53. The Labute approximate surface area is 154 Å². The van der Waals surface area contributed by atoms with Crippen LogP contribution in [0.2, 0.25) is 5.02 Å². The molecule has 2 aromatic heterocycles. The molecule has 0 saturated heterocycles. The molecule has 0 spiro atoms. The van der Waals surface area contributed by atoms with Crippen molar-refractivity contribution in [1.82, 2.24) is 15.3 Å². The van der Waals surface area contributed by atoms with E-state index in [4.69, 9.17) is 11.6 Å². The second-order valence-corrected chi connectivity index (χ2v) is 6.72. The van der Waals surface area contributed by atoms with Gasteiger partial charge < -0.3 is 15.3 Å². The monoisotopic (exact) mass is 369 g/mol. The number of hydrogen-bond donors (Lipinski definition) is 3. The van der Waals surface area contributed by atoms with Crippen molar-refractivity contribution in [2.24, 2.45) is 0 Å². The quantitative estimate of drug-likeness (QED) is 0.481. The Morgan fingerprint density at radius 3 is 2.54 bits per heavy atom. The minimum absolute atomic E-state index is 0.0354. The molecule has 2 aromatic carbocycles. The lowest BCUT2D eigenvalue weighted by atomic mass is 10.1. The summed E-state index contributed by atoms with van der Waals surface area (Å²) in [5, 5.41) is 5.59. The van der Waals surface area contributed by atoms with Crippen LogP contribution in [0.5, 0.6) is 0 Å². The zero-order valence-electron chi connectivity index (χ0n) is 13.9. The van der Waals surface area contributed by atoms with Gasteiger partial charge in [-0.3, -0.25) is 4.79 Å². The molecule has 26 heavy (non-hydrogen) atoms.